The molecule has 3 aliphatic carbocycles. The second kappa shape index (κ2) is 32.4. The molecule has 4 aliphatic rings. The number of rotatable bonds is 32. The minimum atomic E-state index is -2.43. The first kappa shape index (κ1) is 75.0. The van der Waals surface area contributed by atoms with Crippen LogP contribution in [0, 0.1) is 34.0 Å². The lowest BCUT2D eigenvalue weighted by Crippen LogP contribution is -2.83. The number of unbranched alkanes of at least 4 members (excludes halogenated alkanes) is 1. The van der Waals surface area contributed by atoms with Crippen molar-refractivity contribution in [3.63, 3.8) is 0 Å². The minimum absolute atomic E-state index is 0.0384. The van der Waals surface area contributed by atoms with E-state index in [1.54, 1.807) is 97.2 Å². The topological polar surface area (TPSA) is 333 Å². The summed E-state index contributed by atoms with van der Waals surface area (Å²) in [5.74, 6) is -10.5. The number of fused-ring (bicyclic) bond motifs is 5. The number of Topliss-reactive ketones (excluding diaryl/α,β-unsaturated/α-hetero) is 2. The summed E-state index contributed by atoms with van der Waals surface area (Å²) >= 11 is 0.867. The molecule has 2 bridgehead atoms. The SMILES string of the molecule is CCC(C)(CC)C(=O)C(CCCCNC(=O)CSCC(=O)O[C@@H](C(=O)O[C@H]1CC2(O)[C@@H](OC(=O)c3ccccc3)[C@H]3C(C)(C(=O)C(O)C(C1C)C2(C)C)C(O)CC1OC[C@]13OC(C)=O)[C@@H](NC(=O)OC(C)(C)C)c1ccccc1)NC(=O)CCOCCOCCOC. The van der Waals surface area contributed by atoms with Crippen LogP contribution in [0.3, 0.4) is 0 Å². The number of aliphatic hydroxyl groups is 3. The van der Waals surface area contributed by atoms with Gasteiger partial charge in [-0.2, -0.15) is 0 Å². The number of ether oxygens (including phenoxy) is 9. The number of thioether (sulfide) groups is 1. The van der Waals surface area contributed by atoms with Gasteiger partial charge in [0.05, 0.1) is 80.2 Å². The van der Waals surface area contributed by atoms with E-state index in [4.69, 9.17) is 42.6 Å². The van der Waals surface area contributed by atoms with Gasteiger partial charge >= 0.3 is 30.0 Å². The molecule has 0 radical (unpaired) electrons. The largest absolute Gasteiger partial charge is 0.459 e. The predicted molar refractivity (Wildman–Crippen MR) is 335 cm³/mol. The van der Waals surface area contributed by atoms with Crippen molar-refractivity contribution in [2.45, 2.75) is 193 Å². The van der Waals surface area contributed by atoms with Crippen molar-refractivity contribution in [1.82, 2.24) is 16.0 Å². The lowest BCUT2D eigenvalue weighted by atomic mass is 9.42. The summed E-state index contributed by atoms with van der Waals surface area (Å²) < 4.78 is 52.4. The number of esters is 4. The van der Waals surface area contributed by atoms with Crippen molar-refractivity contribution in [1.29, 1.82) is 0 Å². The van der Waals surface area contributed by atoms with Gasteiger partial charge in [0.2, 0.25) is 17.9 Å². The van der Waals surface area contributed by atoms with Crippen molar-refractivity contribution in [3.8, 4) is 0 Å². The number of carbonyl (C=O) groups is 9. The van der Waals surface area contributed by atoms with Gasteiger partial charge in [0.25, 0.3) is 0 Å². The molecule has 24 nitrogen and oxygen atoms in total. The second-order valence-corrected chi connectivity index (χ2v) is 27.6. The highest BCUT2D eigenvalue weighted by atomic mass is 32.2. The van der Waals surface area contributed by atoms with Crippen molar-refractivity contribution < 1.29 is 101 Å². The Labute approximate surface area is 543 Å². The Morgan fingerprint density at radius 1 is 0.815 bits per heavy atom. The molecule has 14 atom stereocenters. The van der Waals surface area contributed by atoms with Crippen LogP contribution in [-0.2, 0) is 76.2 Å². The zero-order valence-electron chi connectivity index (χ0n) is 55.2. The van der Waals surface area contributed by atoms with E-state index in [0.29, 0.717) is 58.5 Å². The molecule has 2 aromatic carbocycles. The van der Waals surface area contributed by atoms with E-state index in [-0.39, 0.29) is 61.2 Å². The Balaban J connectivity index is 1.22. The van der Waals surface area contributed by atoms with Crippen LogP contribution >= 0.6 is 11.8 Å². The van der Waals surface area contributed by atoms with Crippen LogP contribution in [-0.4, -0.2) is 193 Å². The maximum Gasteiger partial charge on any atom is 0.408 e. The summed E-state index contributed by atoms with van der Waals surface area (Å²) in [4.78, 5) is 126. The first-order valence-electron chi connectivity index (χ1n) is 31.8. The first-order chi connectivity index (χ1) is 43.3. The lowest BCUT2D eigenvalue weighted by molar-refractivity contribution is -0.355. The third-order valence-electron chi connectivity index (χ3n) is 19.1. The Kier molecular flexibility index (Phi) is 26.4. The highest BCUT2D eigenvalue weighted by molar-refractivity contribution is 8.00. The Bertz CT molecular complexity index is 2870. The van der Waals surface area contributed by atoms with Gasteiger partial charge < -0.3 is 73.9 Å². The molecular formula is C67H97N3O21S. The number of hydrogen-bond acceptors (Lipinski definition) is 22. The normalized spacial score (nSPS) is 27.5. The van der Waals surface area contributed by atoms with E-state index in [1.807, 2.05) is 20.8 Å². The summed E-state index contributed by atoms with van der Waals surface area (Å²) in [5.41, 5.74) is -9.38. The second-order valence-electron chi connectivity index (χ2n) is 26.6. The summed E-state index contributed by atoms with van der Waals surface area (Å²) in [6, 6.07) is 13.5. The average Bonchev–Trinajstić information content (AvgIpc) is 0.671. The van der Waals surface area contributed by atoms with E-state index in [1.165, 1.54) is 19.1 Å². The van der Waals surface area contributed by atoms with Crippen LogP contribution in [0.2, 0.25) is 0 Å². The molecule has 6 rings (SSSR count). The van der Waals surface area contributed by atoms with E-state index in [9.17, 15) is 48.9 Å². The van der Waals surface area contributed by atoms with Crippen LogP contribution in [0.1, 0.15) is 149 Å². The summed E-state index contributed by atoms with van der Waals surface area (Å²) in [6.07, 6.45) is -9.44. The average molecular weight is 1310 g/mol. The van der Waals surface area contributed by atoms with Gasteiger partial charge in [-0.1, -0.05) is 90.1 Å². The monoisotopic (exact) mass is 1310 g/mol. The molecule has 25 heteroatoms. The van der Waals surface area contributed by atoms with Crippen LogP contribution in [0.15, 0.2) is 60.7 Å². The fraction of sp³-hybridized carbons (Fsp3) is 0.687. The molecule has 92 heavy (non-hydrogen) atoms. The number of benzene rings is 2. The number of nitrogens with one attached hydrogen (secondary N) is 3. The maximum absolute atomic E-state index is 15.4. The molecular weight excluding hydrogens is 1210 g/mol. The van der Waals surface area contributed by atoms with E-state index in [2.05, 4.69) is 16.0 Å². The molecule has 3 saturated carbocycles. The highest BCUT2D eigenvalue weighted by Crippen LogP contribution is 2.65. The third kappa shape index (κ3) is 17.4. The molecule has 2 aromatic rings. The van der Waals surface area contributed by atoms with E-state index >= 15 is 9.59 Å². The molecule has 6 N–H and O–H groups in total. The summed E-state index contributed by atoms with van der Waals surface area (Å²) in [5, 5.41) is 47.0. The quantitative estimate of drug-likeness (QED) is 0.0290. The van der Waals surface area contributed by atoms with Gasteiger partial charge in [-0.15, -0.1) is 11.8 Å². The van der Waals surface area contributed by atoms with Gasteiger partial charge in [0.1, 0.15) is 41.7 Å². The Morgan fingerprint density at radius 3 is 2.04 bits per heavy atom. The number of carbonyl (C=O) groups excluding carboxylic acids is 9. The Morgan fingerprint density at radius 2 is 1.45 bits per heavy atom. The van der Waals surface area contributed by atoms with Crippen molar-refractivity contribution in [2.75, 3.05) is 64.8 Å². The number of ketones is 2. The number of aliphatic hydroxyl groups excluding tert-OH is 2. The number of methoxy groups -OCH3 is 1. The molecule has 8 unspecified atom stereocenters. The highest BCUT2D eigenvalue weighted by Gasteiger charge is 2.79. The lowest BCUT2D eigenvalue weighted by Gasteiger charge is -2.68. The molecule has 1 saturated heterocycles. The molecule has 4 fully saturated rings. The smallest absolute Gasteiger partial charge is 0.408 e. The first-order valence-corrected chi connectivity index (χ1v) is 33.0. The molecule has 3 amide bonds. The summed E-state index contributed by atoms with van der Waals surface area (Å²) in [7, 11) is 1.58. The standard InChI is InChI=1S/C67H97N3O21S/c1-13-64(10,14-2)56(77)44(69-48(73)28-30-84-33-34-85-32-31-83-12)27-21-22-29-68-49(74)37-92-38-50(75)88-54(52(42-23-17-15-18-24-42)70-61(81)91-62(5,6)7)60(80)87-45-36-67(82)58(89-59(79)43-25-19-16-20-26-43)55-65(11,57(78)53(76)51(40(45)3)63(67,8)9)46(72)35-47-66(55,39-86-47)90-41(4)71/h15-20,23-26,40,44-47,51-55,58,72,76,82H,13-14,21-22,27-39H2,1-12H3,(H,68,74)(H,69,73)(H,70,81)/t40?,44?,45-,46?,47?,51?,52-,53?,54+,55-,58-,65?,66-,67?/m0/s1. The van der Waals surface area contributed by atoms with Crippen LogP contribution in [0.5, 0.6) is 0 Å². The maximum atomic E-state index is 15.4. The zero-order valence-corrected chi connectivity index (χ0v) is 56.1. The fourth-order valence-corrected chi connectivity index (χ4v) is 14.2. The molecule has 0 aromatic heterocycles. The third-order valence-corrected chi connectivity index (χ3v) is 20.0. The molecule has 0 spiro atoms. The molecule has 1 aliphatic heterocycles. The van der Waals surface area contributed by atoms with Crippen LogP contribution < -0.4 is 16.0 Å². The van der Waals surface area contributed by atoms with Gasteiger partial charge in [-0.05, 0) is 83.4 Å². The van der Waals surface area contributed by atoms with Crippen molar-refractivity contribution in [3.05, 3.63) is 71.8 Å². The van der Waals surface area contributed by atoms with Gasteiger partial charge in [-0.3, -0.25) is 28.8 Å². The van der Waals surface area contributed by atoms with E-state index < -0.39 is 153 Å². The van der Waals surface area contributed by atoms with Gasteiger partial charge in [0, 0.05) is 56.6 Å². The molecule has 1 heterocycles. The zero-order chi connectivity index (χ0) is 68.0. The number of amides is 3. The van der Waals surface area contributed by atoms with Crippen LogP contribution in [0.4, 0.5) is 4.79 Å². The molecule has 512 valence electrons. The summed E-state index contributed by atoms with van der Waals surface area (Å²) in [6.45, 7) is 19.4. The van der Waals surface area contributed by atoms with E-state index in [0.717, 1.165) is 18.7 Å². The van der Waals surface area contributed by atoms with Gasteiger partial charge in [0.15, 0.2) is 17.2 Å². The number of alkyl carbamates (subject to hydrolysis) is 1. The van der Waals surface area contributed by atoms with Crippen molar-refractivity contribution >= 4 is 65.1 Å². The minimum Gasteiger partial charge on any atom is -0.459 e. The predicted octanol–water partition coefficient (Wildman–Crippen LogP) is 5.72. The van der Waals surface area contributed by atoms with Crippen molar-refractivity contribution in [2.24, 2.45) is 34.0 Å². The fourth-order valence-electron chi connectivity index (χ4n) is 13.6. The number of hydrogen-bond donors (Lipinski definition) is 6. The van der Waals surface area contributed by atoms with Gasteiger partial charge in [-0.25, -0.2) is 14.4 Å². The Hall–Kier alpha value is -6.06. The van der Waals surface area contributed by atoms with Crippen LogP contribution in [0.25, 0.3) is 0 Å².